The van der Waals surface area contributed by atoms with Gasteiger partial charge in [0.15, 0.2) is 0 Å². The van der Waals surface area contributed by atoms with Crippen molar-refractivity contribution < 1.29 is 9.50 Å². The fraction of sp³-hybridized carbons (Fsp3) is 0.647. The fourth-order valence-corrected chi connectivity index (χ4v) is 3.02. The van der Waals surface area contributed by atoms with Crippen molar-refractivity contribution in [3.05, 3.63) is 35.6 Å². The number of benzene rings is 1. The lowest BCUT2D eigenvalue weighted by atomic mass is 9.93. The first kappa shape index (κ1) is 18.1. The molecule has 0 radical (unpaired) electrons. The van der Waals surface area contributed by atoms with Crippen LogP contribution in [0.25, 0.3) is 0 Å². The number of aliphatic hydroxyl groups excluding tert-OH is 1. The molecule has 1 aromatic carbocycles. The van der Waals surface area contributed by atoms with Gasteiger partial charge in [0.25, 0.3) is 0 Å². The molecule has 4 heteroatoms. The second kappa shape index (κ2) is 9.13. The predicted molar refractivity (Wildman–Crippen MR) is 85.6 cm³/mol. The van der Waals surface area contributed by atoms with E-state index in [-0.39, 0.29) is 24.5 Å². The molecule has 2 atom stereocenters. The Labute approximate surface area is 128 Å². The minimum atomic E-state index is -0.241. The monoisotopic (exact) mass is 296 g/mol. The largest absolute Gasteiger partial charge is 0.395 e. The predicted octanol–water partition coefficient (Wildman–Crippen LogP) is 3.09. The average Bonchev–Trinajstić information content (AvgIpc) is 2.48. The molecule has 21 heavy (non-hydrogen) atoms. The van der Waals surface area contributed by atoms with Gasteiger partial charge in [-0.25, -0.2) is 4.39 Å². The summed E-state index contributed by atoms with van der Waals surface area (Å²) in [6, 6.07) is 6.85. The summed E-state index contributed by atoms with van der Waals surface area (Å²) in [6.45, 7) is 6.96. The standard InChI is InChI=1S/C17H29FN2O/c1-4-15(5-2)20(10-11-21)17(16(19)6-3)13-8-7-9-14(18)12-13/h7-9,12,15-17,21H,4-6,10-11,19H2,1-3H3. The highest BCUT2D eigenvalue weighted by Crippen LogP contribution is 2.29. The molecule has 0 aliphatic heterocycles. The lowest BCUT2D eigenvalue weighted by molar-refractivity contribution is 0.0812. The van der Waals surface area contributed by atoms with E-state index < -0.39 is 0 Å². The van der Waals surface area contributed by atoms with Crippen LogP contribution in [0.2, 0.25) is 0 Å². The molecule has 0 aliphatic rings. The number of hydrogen-bond donors (Lipinski definition) is 2. The van der Waals surface area contributed by atoms with E-state index in [1.807, 2.05) is 13.0 Å². The van der Waals surface area contributed by atoms with Gasteiger partial charge in [-0.15, -0.1) is 0 Å². The number of nitrogens with two attached hydrogens (primary N) is 1. The smallest absolute Gasteiger partial charge is 0.123 e. The van der Waals surface area contributed by atoms with Crippen molar-refractivity contribution in [3.8, 4) is 0 Å². The Bertz CT molecular complexity index is 410. The normalized spacial score (nSPS) is 14.7. The third-order valence-electron chi connectivity index (χ3n) is 4.19. The minimum Gasteiger partial charge on any atom is -0.395 e. The summed E-state index contributed by atoms with van der Waals surface area (Å²) in [5.41, 5.74) is 7.23. The summed E-state index contributed by atoms with van der Waals surface area (Å²) >= 11 is 0. The van der Waals surface area contributed by atoms with Gasteiger partial charge in [-0.3, -0.25) is 4.90 Å². The molecule has 2 unspecified atom stereocenters. The topological polar surface area (TPSA) is 49.5 Å². The summed E-state index contributed by atoms with van der Waals surface area (Å²) in [5, 5.41) is 9.42. The van der Waals surface area contributed by atoms with Crippen LogP contribution in [-0.2, 0) is 0 Å². The first-order valence-corrected chi connectivity index (χ1v) is 7.96. The van der Waals surface area contributed by atoms with Gasteiger partial charge in [-0.05, 0) is 37.0 Å². The van der Waals surface area contributed by atoms with Crippen LogP contribution >= 0.6 is 0 Å². The molecule has 120 valence electrons. The summed E-state index contributed by atoms with van der Waals surface area (Å²) in [5.74, 6) is -0.241. The molecule has 0 aromatic heterocycles. The first-order valence-electron chi connectivity index (χ1n) is 7.96. The van der Waals surface area contributed by atoms with Crippen molar-refractivity contribution in [3.63, 3.8) is 0 Å². The van der Waals surface area contributed by atoms with E-state index in [2.05, 4.69) is 18.7 Å². The van der Waals surface area contributed by atoms with E-state index in [0.29, 0.717) is 12.6 Å². The molecule has 0 saturated carbocycles. The second-order valence-corrected chi connectivity index (χ2v) is 5.50. The van der Waals surface area contributed by atoms with Crippen molar-refractivity contribution in [2.24, 2.45) is 5.73 Å². The van der Waals surface area contributed by atoms with Gasteiger partial charge in [0.05, 0.1) is 12.6 Å². The molecule has 1 aromatic rings. The molecule has 1 rings (SSSR count). The highest BCUT2D eigenvalue weighted by molar-refractivity contribution is 5.22. The molecule has 0 heterocycles. The van der Waals surface area contributed by atoms with Gasteiger partial charge in [-0.1, -0.05) is 32.9 Å². The molecule has 0 bridgehead atoms. The number of halogens is 1. The third kappa shape index (κ3) is 4.77. The van der Waals surface area contributed by atoms with Crippen LogP contribution in [0.5, 0.6) is 0 Å². The van der Waals surface area contributed by atoms with E-state index in [4.69, 9.17) is 5.73 Å². The van der Waals surface area contributed by atoms with Crippen LogP contribution in [0.3, 0.4) is 0 Å². The van der Waals surface area contributed by atoms with Crippen molar-refractivity contribution in [1.82, 2.24) is 4.90 Å². The zero-order valence-corrected chi connectivity index (χ0v) is 13.4. The molecule has 0 amide bonds. The summed E-state index contributed by atoms with van der Waals surface area (Å²) in [4.78, 5) is 2.24. The van der Waals surface area contributed by atoms with E-state index in [9.17, 15) is 9.50 Å². The Morgan fingerprint density at radius 1 is 1.19 bits per heavy atom. The first-order chi connectivity index (χ1) is 10.1. The summed E-state index contributed by atoms with van der Waals surface area (Å²) in [7, 11) is 0. The van der Waals surface area contributed by atoms with Crippen molar-refractivity contribution >= 4 is 0 Å². The lowest BCUT2D eigenvalue weighted by Crippen LogP contribution is -2.47. The summed E-state index contributed by atoms with van der Waals surface area (Å²) in [6.07, 6.45) is 2.78. The van der Waals surface area contributed by atoms with Crippen LogP contribution in [-0.4, -0.2) is 35.2 Å². The van der Waals surface area contributed by atoms with Gasteiger partial charge in [0.1, 0.15) is 5.82 Å². The highest BCUT2D eigenvalue weighted by atomic mass is 19.1. The molecule has 0 fully saturated rings. The van der Waals surface area contributed by atoms with E-state index >= 15 is 0 Å². The van der Waals surface area contributed by atoms with Gasteiger partial charge in [0, 0.05) is 18.6 Å². The maximum atomic E-state index is 13.6. The maximum absolute atomic E-state index is 13.6. The van der Waals surface area contributed by atoms with E-state index in [1.165, 1.54) is 6.07 Å². The minimum absolute atomic E-state index is 0.0669. The van der Waals surface area contributed by atoms with Crippen LogP contribution in [0.15, 0.2) is 24.3 Å². The van der Waals surface area contributed by atoms with Gasteiger partial charge < -0.3 is 10.8 Å². The van der Waals surface area contributed by atoms with Crippen LogP contribution < -0.4 is 5.73 Å². The maximum Gasteiger partial charge on any atom is 0.123 e. The molecular formula is C17H29FN2O. The van der Waals surface area contributed by atoms with Crippen LogP contribution in [0.1, 0.15) is 51.6 Å². The Kier molecular flexibility index (Phi) is 7.86. The number of rotatable bonds is 9. The number of hydrogen-bond acceptors (Lipinski definition) is 3. The van der Waals surface area contributed by atoms with Gasteiger partial charge in [-0.2, -0.15) is 0 Å². The Hall–Kier alpha value is -0.970. The number of aliphatic hydroxyl groups is 1. The summed E-state index contributed by atoms with van der Waals surface area (Å²) < 4.78 is 13.6. The van der Waals surface area contributed by atoms with Crippen LogP contribution in [0, 0.1) is 5.82 Å². The molecule has 0 saturated heterocycles. The quantitative estimate of drug-likeness (QED) is 0.736. The van der Waals surface area contributed by atoms with Crippen molar-refractivity contribution in [1.29, 1.82) is 0 Å². The Morgan fingerprint density at radius 3 is 2.33 bits per heavy atom. The lowest BCUT2D eigenvalue weighted by Gasteiger charge is -2.40. The van der Waals surface area contributed by atoms with Crippen LogP contribution in [0.4, 0.5) is 4.39 Å². The molecule has 3 nitrogen and oxygen atoms in total. The van der Waals surface area contributed by atoms with Gasteiger partial charge >= 0.3 is 0 Å². The zero-order valence-electron chi connectivity index (χ0n) is 13.4. The second-order valence-electron chi connectivity index (χ2n) is 5.50. The van der Waals surface area contributed by atoms with Gasteiger partial charge in [0.2, 0.25) is 0 Å². The van der Waals surface area contributed by atoms with Crippen molar-refractivity contribution in [2.45, 2.75) is 58.2 Å². The third-order valence-corrected chi connectivity index (χ3v) is 4.19. The molecular weight excluding hydrogens is 267 g/mol. The van der Waals surface area contributed by atoms with E-state index in [1.54, 1.807) is 12.1 Å². The highest BCUT2D eigenvalue weighted by Gasteiger charge is 2.29. The van der Waals surface area contributed by atoms with E-state index in [0.717, 1.165) is 24.8 Å². The SMILES string of the molecule is CCC(N)C(c1cccc(F)c1)N(CCO)C(CC)CC. The Morgan fingerprint density at radius 2 is 1.86 bits per heavy atom. The molecule has 0 spiro atoms. The number of nitrogens with zero attached hydrogens (tertiary/aromatic N) is 1. The zero-order chi connectivity index (χ0) is 15.8. The fourth-order valence-electron chi connectivity index (χ4n) is 3.02. The molecule has 0 aliphatic carbocycles. The Balaban J connectivity index is 3.19. The van der Waals surface area contributed by atoms with Crippen molar-refractivity contribution in [2.75, 3.05) is 13.2 Å². The molecule has 3 N–H and O–H groups in total. The average molecular weight is 296 g/mol.